The van der Waals surface area contributed by atoms with E-state index in [9.17, 15) is 9.59 Å². The predicted octanol–water partition coefficient (Wildman–Crippen LogP) is 2.76. The smallest absolute Gasteiger partial charge is 0.243 e. The first kappa shape index (κ1) is 18.7. The number of nitrogens with one attached hydrogen (secondary N) is 2. The third-order valence-corrected chi connectivity index (χ3v) is 6.15. The lowest BCUT2D eigenvalue weighted by atomic mass is 9.90. The van der Waals surface area contributed by atoms with Crippen LogP contribution in [0, 0.1) is 6.92 Å². The van der Waals surface area contributed by atoms with E-state index in [1.165, 1.54) is 16.9 Å². The number of nitrogens with zero attached hydrogens (tertiary/aromatic N) is 2. The number of fused-ring (bicyclic) bond motifs is 1. The largest absolute Gasteiger partial charge is 0.347 e. The number of hydrogen-bond donors (Lipinski definition) is 2. The fourth-order valence-corrected chi connectivity index (χ4v) is 4.50. The standard InChI is InChI=1S/C21H24N4O2S/c1-4-25-9-16(15-6-5-12(2)7-18(15)25)13(3)19-21(27)23-17(20(26)24-19)8-14-10-28-11-22-14/h5-7,9-11,13,17,19H,4,8H2,1-3H3,(H,23,27)(H,24,26)/t13-,17-,19-/m1/s1. The van der Waals surface area contributed by atoms with Crippen molar-refractivity contribution in [3.8, 4) is 0 Å². The minimum absolute atomic E-state index is 0.137. The third-order valence-electron chi connectivity index (χ3n) is 5.51. The second kappa shape index (κ2) is 7.39. The first-order valence-corrected chi connectivity index (χ1v) is 10.5. The molecule has 0 saturated carbocycles. The first-order chi connectivity index (χ1) is 13.5. The minimum atomic E-state index is -0.587. The second-order valence-corrected chi connectivity index (χ2v) is 8.13. The van der Waals surface area contributed by atoms with E-state index >= 15 is 0 Å². The van der Waals surface area contributed by atoms with Crippen molar-refractivity contribution in [1.82, 2.24) is 20.2 Å². The molecule has 1 fully saturated rings. The fraction of sp³-hybridized carbons (Fsp3) is 0.381. The molecule has 0 bridgehead atoms. The minimum Gasteiger partial charge on any atom is -0.347 e. The number of amides is 2. The average molecular weight is 397 g/mol. The molecule has 1 aliphatic heterocycles. The van der Waals surface area contributed by atoms with Crippen molar-refractivity contribution in [3.63, 3.8) is 0 Å². The van der Waals surface area contributed by atoms with Crippen molar-refractivity contribution in [2.24, 2.45) is 0 Å². The number of aryl methyl sites for hydroxylation is 2. The van der Waals surface area contributed by atoms with E-state index in [2.05, 4.69) is 58.4 Å². The Hall–Kier alpha value is -2.67. The Labute approximate surface area is 168 Å². The molecule has 0 spiro atoms. The maximum absolute atomic E-state index is 12.8. The van der Waals surface area contributed by atoms with Crippen LogP contribution in [0.25, 0.3) is 10.9 Å². The third kappa shape index (κ3) is 3.30. The molecule has 6 nitrogen and oxygen atoms in total. The molecule has 1 saturated heterocycles. The molecule has 3 heterocycles. The van der Waals surface area contributed by atoms with Crippen molar-refractivity contribution < 1.29 is 9.59 Å². The number of carbonyl (C=O) groups is 2. The topological polar surface area (TPSA) is 76.0 Å². The maximum atomic E-state index is 12.8. The first-order valence-electron chi connectivity index (χ1n) is 9.55. The van der Waals surface area contributed by atoms with Gasteiger partial charge in [-0.15, -0.1) is 11.3 Å². The zero-order chi connectivity index (χ0) is 19.8. The van der Waals surface area contributed by atoms with Crippen LogP contribution in [0.4, 0.5) is 0 Å². The monoisotopic (exact) mass is 396 g/mol. The van der Waals surface area contributed by atoms with Crippen LogP contribution in [-0.2, 0) is 22.6 Å². The summed E-state index contributed by atoms with van der Waals surface area (Å²) in [5.74, 6) is -0.432. The number of thiazole rings is 1. The number of piperazine rings is 1. The van der Waals surface area contributed by atoms with Gasteiger partial charge < -0.3 is 15.2 Å². The number of rotatable bonds is 5. The van der Waals surface area contributed by atoms with Gasteiger partial charge >= 0.3 is 0 Å². The van der Waals surface area contributed by atoms with Gasteiger partial charge in [-0.1, -0.05) is 19.1 Å². The zero-order valence-corrected chi connectivity index (χ0v) is 17.0. The molecular formula is C21H24N4O2S. The van der Waals surface area contributed by atoms with Crippen molar-refractivity contribution >= 4 is 34.1 Å². The molecule has 0 unspecified atom stereocenters. The Balaban J connectivity index is 1.59. The summed E-state index contributed by atoms with van der Waals surface area (Å²) in [4.78, 5) is 29.6. The number of aromatic nitrogens is 2. The van der Waals surface area contributed by atoms with E-state index < -0.39 is 12.1 Å². The highest BCUT2D eigenvalue weighted by molar-refractivity contribution is 7.07. The molecule has 7 heteroatoms. The molecule has 28 heavy (non-hydrogen) atoms. The molecule has 4 rings (SSSR count). The lowest BCUT2D eigenvalue weighted by molar-refractivity contribution is -0.137. The van der Waals surface area contributed by atoms with Crippen molar-refractivity contribution in [2.75, 3.05) is 0 Å². The van der Waals surface area contributed by atoms with Crippen LogP contribution in [0.15, 0.2) is 35.3 Å². The highest BCUT2D eigenvalue weighted by atomic mass is 32.1. The predicted molar refractivity (Wildman–Crippen MR) is 110 cm³/mol. The number of hydrogen-bond acceptors (Lipinski definition) is 4. The molecule has 0 radical (unpaired) electrons. The molecule has 2 aromatic heterocycles. The van der Waals surface area contributed by atoms with Crippen LogP contribution in [0.1, 0.15) is 36.6 Å². The van der Waals surface area contributed by atoms with Crippen LogP contribution < -0.4 is 10.6 Å². The number of benzene rings is 1. The van der Waals surface area contributed by atoms with Gasteiger partial charge in [-0.3, -0.25) is 9.59 Å². The van der Waals surface area contributed by atoms with Crippen LogP contribution in [0.3, 0.4) is 0 Å². The quantitative estimate of drug-likeness (QED) is 0.696. The summed E-state index contributed by atoms with van der Waals surface area (Å²) in [5.41, 5.74) is 5.99. The summed E-state index contributed by atoms with van der Waals surface area (Å²) >= 11 is 1.48. The van der Waals surface area contributed by atoms with Crippen LogP contribution in [-0.4, -0.2) is 33.4 Å². The van der Waals surface area contributed by atoms with Gasteiger partial charge in [-0.25, -0.2) is 4.98 Å². The van der Waals surface area contributed by atoms with Crippen molar-refractivity contribution in [3.05, 3.63) is 52.1 Å². The van der Waals surface area contributed by atoms with E-state index in [1.54, 1.807) is 5.51 Å². The highest BCUT2D eigenvalue weighted by Gasteiger charge is 2.38. The van der Waals surface area contributed by atoms with Gasteiger partial charge in [0.15, 0.2) is 0 Å². The average Bonchev–Trinajstić information content (AvgIpc) is 3.31. The van der Waals surface area contributed by atoms with Gasteiger partial charge in [0.25, 0.3) is 0 Å². The molecule has 3 atom stereocenters. The van der Waals surface area contributed by atoms with Crippen LogP contribution in [0.2, 0.25) is 0 Å². The Bertz CT molecular complexity index is 1020. The Kier molecular flexibility index (Phi) is 4.93. The summed E-state index contributed by atoms with van der Waals surface area (Å²) in [5, 5.41) is 8.87. The SMILES string of the molecule is CCn1cc([C@@H](C)[C@H]2NC(=O)[C@@H](Cc3cscn3)NC2=O)c2ccc(C)cc21. The van der Waals surface area contributed by atoms with E-state index in [4.69, 9.17) is 0 Å². The molecule has 146 valence electrons. The Morgan fingerprint density at radius 1 is 1.25 bits per heavy atom. The lowest BCUT2D eigenvalue weighted by Crippen LogP contribution is -2.63. The molecule has 2 N–H and O–H groups in total. The van der Waals surface area contributed by atoms with E-state index in [0.717, 1.165) is 28.7 Å². The molecule has 1 aliphatic rings. The van der Waals surface area contributed by atoms with E-state index in [-0.39, 0.29) is 17.7 Å². The lowest BCUT2D eigenvalue weighted by Gasteiger charge is -2.32. The maximum Gasteiger partial charge on any atom is 0.243 e. The summed E-state index contributed by atoms with van der Waals surface area (Å²) in [6, 6.07) is 5.20. The van der Waals surface area contributed by atoms with E-state index in [1.807, 2.05) is 12.3 Å². The highest BCUT2D eigenvalue weighted by Crippen LogP contribution is 2.31. The summed E-state index contributed by atoms with van der Waals surface area (Å²) in [6.45, 7) is 7.03. The van der Waals surface area contributed by atoms with Crippen molar-refractivity contribution in [2.45, 2.75) is 51.7 Å². The zero-order valence-electron chi connectivity index (χ0n) is 16.2. The molecular weight excluding hydrogens is 372 g/mol. The molecule has 1 aromatic carbocycles. The Morgan fingerprint density at radius 3 is 2.79 bits per heavy atom. The second-order valence-electron chi connectivity index (χ2n) is 7.41. The molecule has 0 aliphatic carbocycles. The van der Waals surface area contributed by atoms with Gasteiger partial charge in [0, 0.05) is 41.4 Å². The fourth-order valence-electron chi connectivity index (χ4n) is 3.92. The Morgan fingerprint density at radius 2 is 2.07 bits per heavy atom. The van der Waals surface area contributed by atoms with E-state index in [0.29, 0.717) is 6.42 Å². The summed E-state index contributed by atoms with van der Waals surface area (Å²) in [6.07, 6.45) is 2.52. The van der Waals surface area contributed by atoms with Crippen molar-refractivity contribution in [1.29, 1.82) is 0 Å². The number of carbonyl (C=O) groups excluding carboxylic acids is 2. The van der Waals surface area contributed by atoms with Crippen LogP contribution >= 0.6 is 11.3 Å². The van der Waals surface area contributed by atoms with Gasteiger partial charge in [-0.2, -0.15) is 0 Å². The van der Waals surface area contributed by atoms with Gasteiger partial charge in [0.2, 0.25) is 11.8 Å². The molecule has 2 amide bonds. The van der Waals surface area contributed by atoms with Gasteiger partial charge in [-0.05, 0) is 31.0 Å². The normalized spacial score (nSPS) is 20.8. The van der Waals surface area contributed by atoms with Crippen LogP contribution in [0.5, 0.6) is 0 Å². The molecule has 3 aromatic rings. The summed E-state index contributed by atoms with van der Waals surface area (Å²) < 4.78 is 2.20. The van der Waals surface area contributed by atoms with Gasteiger partial charge in [0.05, 0.1) is 11.2 Å². The van der Waals surface area contributed by atoms with Gasteiger partial charge in [0.1, 0.15) is 12.1 Å². The summed E-state index contributed by atoms with van der Waals surface area (Å²) in [7, 11) is 0.